The minimum Gasteiger partial charge on any atom is -0.480 e. The summed E-state index contributed by atoms with van der Waals surface area (Å²) in [5.41, 5.74) is 1.52. The molecule has 2 saturated carbocycles. The number of likely N-dealkylation sites (tertiary alicyclic amines) is 1. The molecule has 0 radical (unpaired) electrons. The molecule has 1 amide bonds. The van der Waals surface area contributed by atoms with Crippen molar-refractivity contribution in [3.8, 4) is 5.75 Å². The molecule has 16 heteroatoms. The summed E-state index contributed by atoms with van der Waals surface area (Å²) in [5, 5.41) is 3.74. The molecule has 0 bridgehead atoms. The van der Waals surface area contributed by atoms with Crippen LogP contribution in [0.1, 0.15) is 48.3 Å². The van der Waals surface area contributed by atoms with Gasteiger partial charge in [-0.3, -0.25) is 4.79 Å². The maximum Gasteiger partial charge on any atom is 0.425 e. The van der Waals surface area contributed by atoms with Crippen molar-refractivity contribution in [2.24, 2.45) is 5.73 Å². The number of hydrogen-bond donors (Lipinski definition) is 1. The molecule has 3 atom stereocenters. The second-order valence-electron chi connectivity index (χ2n) is 10.3. The minimum absolute atomic E-state index is 0.0899. The number of carbonyl (C=O) groups is 1. The van der Waals surface area contributed by atoms with Crippen LogP contribution in [0.5, 0.6) is 5.75 Å². The number of nitrogens with two attached hydrogens (primary N) is 1. The summed E-state index contributed by atoms with van der Waals surface area (Å²) in [4.78, 5) is 18.3. The zero-order valence-electron chi connectivity index (χ0n) is 20.0. The van der Waals surface area contributed by atoms with Crippen LogP contribution in [0.25, 0.3) is 0 Å². The van der Waals surface area contributed by atoms with Gasteiger partial charge >= 0.3 is 12.4 Å². The molecule has 1 saturated heterocycles. The van der Waals surface area contributed by atoms with Gasteiger partial charge in [0, 0.05) is 24.9 Å². The van der Waals surface area contributed by atoms with Gasteiger partial charge in [-0.05, 0) is 44.4 Å². The summed E-state index contributed by atoms with van der Waals surface area (Å²) in [6.07, 6.45) is -10.9. The highest BCUT2D eigenvalue weighted by Gasteiger charge is 2.75. The number of amides is 1. The second-order valence-corrected chi connectivity index (χ2v) is 12.3. The zero-order valence-corrected chi connectivity index (χ0v) is 20.8. The van der Waals surface area contributed by atoms with Crippen molar-refractivity contribution in [3.05, 3.63) is 35.5 Å². The first-order valence-corrected chi connectivity index (χ1v) is 13.3. The van der Waals surface area contributed by atoms with E-state index in [2.05, 4.69) is 10.1 Å². The third-order valence-electron chi connectivity index (χ3n) is 7.60. The first-order chi connectivity index (χ1) is 17.3. The van der Waals surface area contributed by atoms with Crippen molar-refractivity contribution in [2.45, 2.75) is 65.9 Å². The van der Waals surface area contributed by atoms with Gasteiger partial charge in [-0.25, -0.2) is 8.42 Å². The van der Waals surface area contributed by atoms with Crippen molar-refractivity contribution < 1.29 is 48.8 Å². The van der Waals surface area contributed by atoms with E-state index < -0.39 is 67.8 Å². The average molecular weight is 568 g/mol. The van der Waals surface area contributed by atoms with Crippen LogP contribution in [0.3, 0.4) is 0 Å². The third kappa shape index (κ3) is 4.03. The topological polar surface area (TPSA) is 129 Å². The molecule has 2 unspecified atom stereocenters. The average Bonchev–Trinajstić information content (AvgIpc) is 3.60. The Hall–Kier alpha value is -2.88. The Bertz CT molecular complexity index is 1420. The van der Waals surface area contributed by atoms with Crippen LogP contribution in [0.2, 0.25) is 0 Å². The van der Waals surface area contributed by atoms with E-state index in [1.807, 2.05) is 0 Å². The molecule has 208 valence electrons. The van der Waals surface area contributed by atoms with Gasteiger partial charge in [-0.1, -0.05) is 5.16 Å². The molecule has 2 heterocycles. The molecule has 38 heavy (non-hydrogen) atoms. The smallest absolute Gasteiger partial charge is 0.425 e. The summed E-state index contributed by atoms with van der Waals surface area (Å²) in [6.45, 7) is 0.435. The summed E-state index contributed by atoms with van der Waals surface area (Å²) in [6, 6.07) is 2.91. The molecule has 2 aromatic rings. The van der Waals surface area contributed by atoms with Gasteiger partial charge in [-0.15, -0.1) is 0 Å². The van der Waals surface area contributed by atoms with Crippen LogP contribution in [-0.2, 0) is 20.7 Å². The van der Waals surface area contributed by atoms with Crippen molar-refractivity contribution in [3.63, 3.8) is 0 Å². The van der Waals surface area contributed by atoms with Crippen LogP contribution in [0.4, 0.5) is 26.3 Å². The van der Waals surface area contributed by atoms with Crippen molar-refractivity contribution in [1.29, 1.82) is 0 Å². The summed E-state index contributed by atoms with van der Waals surface area (Å²) in [5.74, 6) is -2.02. The van der Waals surface area contributed by atoms with Gasteiger partial charge < -0.3 is 19.9 Å². The number of fused-ring (bicyclic) bond motifs is 1. The number of sulfone groups is 1. The highest BCUT2D eigenvalue weighted by Crippen LogP contribution is 2.62. The van der Waals surface area contributed by atoms with Crippen molar-refractivity contribution >= 4 is 15.7 Å². The Kier molecular flexibility index (Phi) is 5.51. The highest BCUT2D eigenvalue weighted by atomic mass is 32.2. The number of rotatable bonds is 6. The Morgan fingerprint density at radius 3 is 2.39 bits per heavy atom. The number of piperidine rings is 1. The number of carbonyl (C=O) groups excluding carboxylic acids is 1. The van der Waals surface area contributed by atoms with Gasteiger partial charge in [0.1, 0.15) is 11.2 Å². The first-order valence-electron chi connectivity index (χ1n) is 11.4. The molecule has 3 fully saturated rings. The predicted octanol–water partition coefficient (Wildman–Crippen LogP) is 2.89. The van der Waals surface area contributed by atoms with Gasteiger partial charge in [0.05, 0.1) is 15.9 Å². The minimum atomic E-state index is -4.76. The normalized spacial score (nSPS) is 27.1. The fourth-order valence-corrected chi connectivity index (χ4v) is 5.59. The van der Waals surface area contributed by atoms with E-state index >= 15 is 0 Å². The van der Waals surface area contributed by atoms with E-state index in [9.17, 15) is 39.6 Å². The Morgan fingerprint density at radius 2 is 1.84 bits per heavy atom. The van der Waals surface area contributed by atoms with Gasteiger partial charge in [-0.2, -0.15) is 31.3 Å². The van der Waals surface area contributed by atoms with E-state index in [1.165, 1.54) is 4.90 Å². The summed E-state index contributed by atoms with van der Waals surface area (Å²) >= 11 is 0. The molecule has 3 aliphatic rings. The molecule has 1 aliphatic heterocycles. The molecule has 1 aromatic carbocycles. The molecule has 5 rings (SSSR count). The molecule has 2 aliphatic carbocycles. The lowest BCUT2D eigenvalue weighted by Crippen LogP contribution is -2.37. The quantitative estimate of drug-likeness (QED) is 0.527. The molecule has 0 spiro atoms. The predicted molar refractivity (Wildman–Crippen MR) is 116 cm³/mol. The fraction of sp³-hybridized carbons (Fsp3) is 0.591. The number of nitrogens with zero attached hydrogens (tertiary/aromatic N) is 3. The molecular weight excluding hydrogens is 546 g/mol. The second kappa shape index (κ2) is 7.83. The van der Waals surface area contributed by atoms with E-state index in [1.54, 1.807) is 0 Å². The molecule has 2 N–H and O–H groups in total. The number of hydrogen-bond acceptors (Lipinski definition) is 8. The largest absolute Gasteiger partial charge is 0.480 e. The van der Waals surface area contributed by atoms with E-state index in [0.29, 0.717) is 0 Å². The maximum atomic E-state index is 13.5. The van der Waals surface area contributed by atoms with Crippen LogP contribution < -0.4 is 10.5 Å². The molecule has 9 nitrogen and oxygen atoms in total. The molecular formula is C22H22F6N4O5S. The van der Waals surface area contributed by atoms with E-state index in [-0.39, 0.29) is 43.1 Å². The monoisotopic (exact) mass is 568 g/mol. The highest BCUT2D eigenvalue weighted by molar-refractivity contribution is 7.90. The van der Waals surface area contributed by atoms with Gasteiger partial charge in [0.25, 0.3) is 5.91 Å². The van der Waals surface area contributed by atoms with Gasteiger partial charge in [0.2, 0.25) is 5.89 Å². The van der Waals surface area contributed by atoms with Crippen molar-refractivity contribution in [1.82, 2.24) is 15.0 Å². The number of ether oxygens (including phenoxy) is 1. The van der Waals surface area contributed by atoms with Gasteiger partial charge in [0.15, 0.2) is 21.8 Å². The molecule has 1 aromatic heterocycles. The van der Waals surface area contributed by atoms with E-state index in [4.69, 9.17) is 15.0 Å². The van der Waals surface area contributed by atoms with Crippen LogP contribution >= 0.6 is 0 Å². The summed E-state index contributed by atoms with van der Waals surface area (Å²) in [7, 11) is -3.84. The van der Waals surface area contributed by atoms with Crippen LogP contribution in [0.15, 0.2) is 27.6 Å². The summed E-state index contributed by atoms with van der Waals surface area (Å²) < 4.78 is 114. The first kappa shape index (κ1) is 26.7. The SMILES string of the molecule is C[C@@H](Oc1ccc(S(C)(=O)=O)cc1C(=O)N1CC2(N)CC2(c2noc(C3(C(F)(F)F)CC3)n2)C1)C(F)(F)F. The van der Waals surface area contributed by atoms with Crippen LogP contribution in [0, 0.1) is 0 Å². The lowest BCUT2D eigenvalue weighted by atomic mass is 10.0. The van der Waals surface area contributed by atoms with Crippen molar-refractivity contribution in [2.75, 3.05) is 19.3 Å². The van der Waals surface area contributed by atoms with Crippen LogP contribution in [-0.4, -0.2) is 72.7 Å². The standard InChI is InChI=1S/C22H22F6N4O5S/c1-11(21(23,24)25)36-14-4-3-12(38(2,34)35)7-13(14)15(33)32-9-19(8-20(19,29)10-32)16-30-17(37-31-16)18(5-6-18)22(26,27)28/h3-4,7,11H,5-6,8-10,29H2,1-2H3/t11-,19?,20?/m1/s1. The Morgan fingerprint density at radius 1 is 1.18 bits per heavy atom. The zero-order chi connectivity index (χ0) is 28.1. The number of alkyl halides is 6. The lowest BCUT2D eigenvalue weighted by Gasteiger charge is -2.24. The third-order valence-corrected chi connectivity index (χ3v) is 8.71. The fourth-order valence-electron chi connectivity index (χ4n) is 4.95. The number of benzene rings is 1. The number of halogens is 6. The maximum absolute atomic E-state index is 13.5. The number of aromatic nitrogens is 2. The lowest BCUT2D eigenvalue weighted by molar-refractivity contribution is -0.189. The Balaban J connectivity index is 1.45. The Labute approximate surface area is 212 Å². The van der Waals surface area contributed by atoms with E-state index in [0.717, 1.165) is 31.4 Å².